The smallest absolute Gasteiger partial charge is 0.229 e. The molecule has 5 nitrogen and oxygen atoms in total. The Morgan fingerprint density at radius 3 is 2.14 bits per heavy atom. The van der Waals surface area contributed by atoms with E-state index in [1.165, 1.54) is 0 Å². The van der Waals surface area contributed by atoms with Gasteiger partial charge in [-0.15, -0.1) is 0 Å². The molecule has 0 spiro atoms. The van der Waals surface area contributed by atoms with E-state index < -0.39 is 5.41 Å². The van der Waals surface area contributed by atoms with E-state index in [-0.39, 0.29) is 11.8 Å². The first-order valence-corrected chi connectivity index (χ1v) is 10.2. The number of carbonyl (C=O) groups is 2. The van der Waals surface area contributed by atoms with Crippen LogP contribution in [0, 0.1) is 12.3 Å². The molecule has 154 valence electrons. The highest BCUT2D eigenvalue weighted by Crippen LogP contribution is 2.22. The molecule has 1 saturated heterocycles. The number of rotatable bonds is 4. The van der Waals surface area contributed by atoms with Crippen LogP contribution in [0.5, 0.6) is 0 Å². The zero-order valence-corrected chi connectivity index (χ0v) is 17.9. The number of aryl methyl sites for hydroxylation is 1. The molecule has 5 heteroatoms. The quantitative estimate of drug-likeness (QED) is 0.858. The Kier molecular flexibility index (Phi) is 6.26. The van der Waals surface area contributed by atoms with Crippen molar-refractivity contribution in [1.82, 2.24) is 4.90 Å². The molecule has 1 aliphatic rings. The summed E-state index contributed by atoms with van der Waals surface area (Å²) >= 11 is 0. The lowest BCUT2D eigenvalue weighted by molar-refractivity contribution is -0.130. The fraction of sp³-hybridized carbons (Fsp3) is 0.417. The summed E-state index contributed by atoms with van der Waals surface area (Å²) in [7, 11) is 0. The van der Waals surface area contributed by atoms with E-state index in [9.17, 15) is 9.59 Å². The topological polar surface area (TPSA) is 52.7 Å². The minimum Gasteiger partial charge on any atom is -0.368 e. The standard InChI is InChI=1S/C24H31N3O2/c1-18-7-5-6-8-19(18)17-22(28)27-15-13-26(14-16-27)21-11-9-20(10-12-21)25-23(29)24(2,3)4/h5-12H,13-17H2,1-4H3,(H,25,29). The van der Waals surface area contributed by atoms with Crippen LogP contribution in [0.4, 0.5) is 11.4 Å². The predicted molar refractivity (Wildman–Crippen MR) is 118 cm³/mol. The number of hydrogen-bond donors (Lipinski definition) is 1. The molecule has 0 aliphatic carbocycles. The predicted octanol–water partition coefficient (Wildman–Crippen LogP) is 3.87. The van der Waals surface area contributed by atoms with Crippen molar-refractivity contribution in [1.29, 1.82) is 0 Å². The van der Waals surface area contributed by atoms with E-state index in [1.807, 2.05) is 81.1 Å². The summed E-state index contributed by atoms with van der Waals surface area (Å²) in [6.07, 6.45) is 0.467. The first kappa shape index (κ1) is 20.9. The van der Waals surface area contributed by atoms with Crippen molar-refractivity contribution in [2.45, 2.75) is 34.1 Å². The molecule has 0 atom stereocenters. The maximum absolute atomic E-state index is 12.7. The van der Waals surface area contributed by atoms with E-state index in [2.05, 4.69) is 10.2 Å². The van der Waals surface area contributed by atoms with Crippen LogP contribution in [0.25, 0.3) is 0 Å². The van der Waals surface area contributed by atoms with Gasteiger partial charge in [0.1, 0.15) is 0 Å². The summed E-state index contributed by atoms with van der Waals surface area (Å²) in [5.74, 6) is 0.199. The molecule has 0 unspecified atom stereocenters. The summed E-state index contributed by atoms with van der Waals surface area (Å²) < 4.78 is 0. The van der Waals surface area contributed by atoms with Crippen LogP contribution >= 0.6 is 0 Å². The lowest BCUT2D eigenvalue weighted by Crippen LogP contribution is -2.49. The fourth-order valence-corrected chi connectivity index (χ4v) is 3.37. The second-order valence-electron chi connectivity index (χ2n) is 8.72. The van der Waals surface area contributed by atoms with Gasteiger partial charge >= 0.3 is 0 Å². The van der Waals surface area contributed by atoms with E-state index in [0.29, 0.717) is 6.42 Å². The summed E-state index contributed by atoms with van der Waals surface area (Å²) in [5, 5.41) is 2.95. The van der Waals surface area contributed by atoms with Crippen LogP contribution in [0.15, 0.2) is 48.5 Å². The van der Waals surface area contributed by atoms with E-state index in [0.717, 1.165) is 48.7 Å². The van der Waals surface area contributed by atoms with Gasteiger partial charge in [0, 0.05) is 43.0 Å². The number of piperazine rings is 1. The third kappa shape index (κ3) is 5.37. The third-order valence-corrected chi connectivity index (χ3v) is 5.41. The molecular formula is C24H31N3O2. The van der Waals surface area contributed by atoms with Crippen molar-refractivity contribution in [3.05, 3.63) is 59.7 Å². The largest absolute Gasteiger partial charge is 0.368 e. The maximum Gasteiger partial charge on any atom is 0.229 e. The molecule has 2 amide bonds. The van der Waals surface area contributed by atoms with Crippen LogP contribution in [0.2, 0.25) is 0 Å². The minimum absolute atomic E-state index is 0.00558. The Hall–Kier alpha value is -2.82. The van der Waals surface area contributed by atoms with Gasteiger partial charge in [-0.1, -0.05) is 45.0 Å². The summed E-state index contributed by atoms with van der Waals surface area (Å²) in [6, 6.07) is 16.0. The summed E-state index contributed by atoms with van der Waals surface area (Å²) in [5.41, 5.74) is 3.77. The second kappa shape index (κ2) is 8.68. The number of nitrogens with one attached hydrogen (secondary N) is 1. The van der Waals surface area contributed by atoms with Crippen molar-refractivity contribution in [2.24, 2.45) is 5.41 Å². The number of benzene rings is 2. The normalized spacial score (nSPS) is 14.6. The summed E-state index contributed by atoms with van der Waals surface area (Å²) in [4.78, 5) is 29.0. The van der Waals surface area contributed by atoms with Gasteiger partial charge in [-0.25, -0.2) is 0 Å². The number of carbonyl (C=O) groups excluding carboxylic acids is 2. The lowest BCUT2D eigenvalue weighted by atomic mass is 9.95. The van der Waals surface area contributed by atoms with E-state index in [4.69, 9.17) is 0 Å². The average Bonchev–Trinajstić information content (AvgIpc) is 2.70. The molecular weight excluding hydrogens is 362 g/mol. The molecule has 1 heterocycles. The average molecular weight is 394 g/mol. The Labute approximate surface area is 173 Å². The molecule has 3 rings (SSSR count). The first-order valence-electron chi connectivity index (χ1n) is 10.2. The number of amides is 2. The Morgan fingerprint density at radius 1 is 0.931 bits per heavy atom. The lowest BCUT2D eigenvalue weighted by Gasteiger charge is -2.36. The monoisotopic (exact) mass is 393 g/mol. The zero-order valence-electron chi connectivity index (χ0n) is 17.9. The molecule has 2 aromatic rings. The zero-order chi connectivity index (χ0) is 21.0. The van der Waals surface area contributed by atoms with Crippen molar-refractivity contribution >= 4 is 23.2 Å². The van der Waals surface area contributed by atoms with Crippen LogP contribution in [-0.4, -0.2) is 42.9 Å². The van der Waals surface area contributed by atoms with Gasteiger partial charge in [0.2, 0.25) is 11.8 Å². The number of anilines is 2. The molecule has 0 saturated carbocycles. The van der Waals surface area contributed by atoms with Crippen molar-refractivity contribution < 1.29 is 9.59 Å². The van der Waals surface area contributed by atoms with Gasteiger partial charge in [-0.3, -0.25) is 9.59 Å². The molecule has 0 bridgehead atoms. The minimum atomic E-state index is -0.417. The molecule has 2 aromatic carbocycles. The van der Waals surface area contributed by atoms with Gasteiger partial charge in [0.15, 0.2) is 0 Å². The van der Waals surface area contributed by atoms with Gasteiger partial charge in [0.05, 0.1) is 6.42 Å². The maximum atomic E-state index is 12.7. The highest BCUT2D eigenvalue weighted by Gasteiger charge is 2.23. The second-order valence-corrected chi connectivity index (χ2v) is 8.72. The summed E-state index contributed by atoms with van der Waals surface area (Å²) in [6.45, 7) is 10.8. The molecule has 0 radical (unpaired) electrons. The van der Waals surface area contributed by atoms with Gasteiger partial charge in [-0.2, -0.15) is 0 Å². The third-order valence-electron chi connectivity index (χ3n) is 5.41. The van der Waals surface area contributed by atoms with Gasteiger partial charge in [-0.05, 0) is 42.3 Å². The Bertz CT molecular complexity index is 860. The van der Waals surface area contributed by atoms with Crippen molar-refractivity contribution in [3.63, 3.8) is 0 Å². The fourth-order valence-electron chi connectivity index (χ4n) is 3.37. The van der Waals surface area contributed by atoms with E-state index in [1.54, 1.807) is 0 Å². The van der Waals surface area contributed by atoms with Gasteiger partial charge < -0.3 is 15.1 Å². The Morgan fingerprint density at radius 2 is 1.55 bits per heavy atom. The Balaban J connectivity index is 1.53. The van der Waals surface area contributed by atoms with Crippen LogP contribution in [0.3, 0.4) is 0 Å². The highest BCUT2D eigenvalue weighted by atomic mass is 16.2. The molecule has 1 N–H and O–H groups in total. The molecule has 1 fully saturated rings. The molecule has 1 aliphatic heterocycles. The number of hydrogen-bond acceptors (Lipinski definition) is 3. The SMILES string of the molecule is Cc1ccccc1CC(=O)N1CCN(c2ccc(NC(=O)C(C)(C)C)cc2)CC1. The van der Waals surface area contributed by atoms with Gasteiger partial charge in [0.25, 0.3) is 0 Å². The van der Waals surface area contributed by atoms with Crippen molar-refractivity contribution in [2.75, 3.05) is 36.4 Å². The van der Waals surface area contributed by atoms with Crippen molar-refractivity contribution in [3.8, 4) is 0 Å². The highest BCUT2D eigenvalue weighted by molar-refractivity contribution is 5.94. The molecule has 0 aromatic heterocycles. The van der Waals surface area contributed by atoms with Crippen LogP contribution in [0.1, 0.15) is 31.9 Å². The van der Waals surface area contributed by atoms with Crippen LogP contribution < -0.4 is 10.2 Å². The number of nitrogens with zero attached hydrogens (tertiary/aromatic N) is 2. The first-order chi connectivity index (χ1) is 13.7. The van der Waals surface area contributed by atoms with E-state index >= 15 is 0 Å². The van der Waals surface area contributed by atoms with Crippen LogP contribution in [-0.2, 0) is 16.0 Å². The molecule has 29 heavy (non-hydrogen) atoms.